The second kappa shape index (κ2) is 6.84. The summed E-state index contributed by atoms with van der Waals surface area (Å²) in [4.78, 5) is 22.6. The molecule has 0 aliphatic carbocycles. The van der Waals surface area contributed by atoms with Gasteiger partial charge >= 0.3 is 12.1 Å². The Labute approximate surface area is 107 Å². The lowest BCUT2D eigenvalue weighted by atomic mass is 9.90. The van der Waals surface area contributed by atoms with E-state index in [1.807, 2.05) is 6.07 Å². The van der Waals surface area contributed by atoms with Crippen LogP contribution in [0.15, 0.2) is 0 Å². The number of hydrogen-bond acceptors (Lipinski definition) is 6. The van der Waals surface area contributed by atoms with Crippen LogP contribution in [0.1, 0.15) is 34.6 Å². The summed E-state index contributed by atoms with van der Waals surface area (Å²) in [6, 6.07) is 1.86. The van der Waals surface area contributed by atoms with Crippen LogP contribution in [0.5, 0.6) is 0 Å². The Morgan fingerprint density at radius 1 is 1.28 bits per heavy atom. The second-order valence-corrected chi connectivity index (χ2v) is 4.76. The van der Waals surface area contributed by atoms with Gasteiger partial charge in [0.1, 0.15) is 6.07 Å². The van der Waals surface area contributed by atoms with E-state index in [2.05, 4.69) is 4.74 Å². The van der Waals surface area contributed by atoms with E-state index in [4.69, 9.17) is 14.7 Å². The molecule has 0 bridgehead atoms. The zero-order chi connectivity index (χ0) is 14.3. The van der Waals surface area contributed by atoms with Crippen LogP contribution in [0, 0.1) is 16.7 Å². The smallest absolute Gasteiger partial charge is 0.463 e. The fourth-order valence-electron chi connectivity index (χ4n) is 0.973. The molecule has 0 saturated carbocycles. The van der Waals surface area contributed by atoms with Gasteiger partial charge in [0.25, 0.3) is 0 Å². The van der Waals surface area contributed by atoms with Crippen LogP contribution in [0.4, 0.5) is 4.79 Å². The summed E-state index contributed by atoms with van der Waals surface area (Å²) >= 11 is 0. The fraction of sp³-hybridized carbons (Fsp3) is 0.750. The van der Waals surface area contributed by atoms with Crippen molar-refractivity contribution in [2.75, 3.05) is 6.61 Å². The largest absolute Gasteiger partial charge is 0.510 e. The van der Waals surface area contributed by atoms with Crippen LogP contribution in [0.2, 0.25) is 0 Å². The van der Waals surface area contributed by atoms with Crippen molar-refractivity contribution in [2.45, 2.75) is 46.8 Å². The molecule has 0 rings (SSSR count). The SMILES string of the molecule is CCOC(=O)[C@@H](C)OC(=O)O[C@@H](C#N)C(C)(C)C. The molecule has 0 spiro atoms. The number of rotatable bonds is 4. The number of nitrogens with zero attached hydrogens (tertiary/aromatic N) is 1. The first-order valence-corrected chi connectivity index (χ1v) is 5.65. The molecule has 0 aromatic rings. The average Bonchev–Trinajstić information content (AvgIpc) is 2.24. The van der Waals surface area contributed by atoms with Crippen molar-refractivity contribution in [3.05, 3.63) is 0 Å². The van der Waals surface area contributed by atoms with Crippen LogP contribution in [0.25, 0.3) is 0 Å². The molecule has 0 aromatic carbocycles. The minimum Gasteiger partial charge on any atom is -0.463 e. The van der Waals surface area contributed by atoms with Crippen LogP contribution >= 0.6 is 0 Å². The summed E-state index contributed by atoms with van der Waals surface area (Å²) in [6.07, 6.45) is -3.06. The molecule has 2 atom stereocenters. The third-order valence-corrected chi connectivity index (χ3v) is 2.01. The maximum atomic E-state index is 11.4. The molecule has 6 heteroatoms. The molecule has 0 unspecified atom stereocenters. The minimum atomic E-state index is -1.06. The van der Waals surface area contributed by atoms with E-state index >= 15 is 0 Å². The number of carbonyl (C=O) groups excluding carboxylic acids is 2. The number of hydrogen-bond donors (Lipinski definition) is 0. The van der Waals surface area contributed by atoms with Gasteiger partial charge in [0.15, 0.2) is 12.2 Å². The van der Waals surface area contributed by atoms with Gasteiger partial charge in [-0.2, -0.15) is 5.26 Å². The highest BCUT2D eigenvalue weighted by atomic mass is 16.7. The first-order chi connectivity index (χ1) is 8.22. The lowest BCUT2D eigenvalue weighted by molar-refractivity contribution is -0.154. The van der Waals surface area contributed by atoms with Crippen LogP contribution < -0.4 is 0 Å². The Morgan fingerprint density at radius 2 is 1.83 bits per heavy atom. The van der Waals surface area contributed by atoms with Gasteiger partial charge in [0, 0.05) is 5.41 Å². The standard InChI is InChI=1S/C12H19NO5/c1-6-16-10(14)8(2)17-11(15)18-9(7-13)12(3,4)5/h8-9H,6H2,1-5H3/t8-,9+/m1/s1. The quantitative estimate of drug-likeness (QED) is 0.716. The first kappa shape index (κ1) is 16.2. The summed E-state index contributed by atoms with van der Waals surface area (Å²) in [5, 5.41) is 8.86. The molecule has 0 fully saturated rings. The van der Waals surface area contributed by atoms with Gasteiger partial charge in [-0.1, -0.05) is 20.8 Å². The van der Waals surface area contributed by atoms with Gasteiger partial charge in [0.05, 0.1) is 6.61 Å². The molecule has 0 aliphatic heterocycles. The Bertz CT molecular complexity index is 339. The van der Waals surface area contributed by atoms with E-state index in [1.54, 1.807) is 27.7 Å². The molecular formula is C12H19NO5. The minimum absolute atomic E-state index is 0.199. The van der Waals surface area contributed by atoms with Crippen molar-refractivity contribution < 1.29 is 23.8 Å². The lowest BCUT2D eigenvalue weighted by Gasteiger charge is -2.24. The molecule has 0 aromatic heterocycles. The predicted molar refractivity (Wildman–Crippen MR) is 62.5 cm³/mol. The molecule has 18 heavy (non-hydrogen) atoms. The summed E-state index contributed by atoms with van der Waals surface area (Å²) in [5.41, 5.74) is -0.527. The topological polar surface area (TPSA) is 85.6 Å². The van der Waals surface area contributed by atoms with E-state index in [-0.39, 0.29) is 6.61 Å². The van der Waals surface area contributed by atoms with Gasteiger partial charge in [-0.15, -0.1) is 0 Å². The third-order valence-electron chi connectivity index (χ3n) is 2.01. The molecule has 0 aliphatic rings. The number of esters is 1. The van der Waals surface area contributed by atoms with E-state index < -0.39 is 29.7 Å². The molecule has 0 amide bonds. The first-order valence-electron chi connectivity index (χ1n) is 5.65. The van der Waals surface area contributed by atoms with Crippen molar-refractivity contribution in [1.29, 1.82) is 5.26 Å². The number of ether oxygens (including phenoxy) is 3. The maximum Gasteiger partial charge on any atom is 0.510 e. The van der Waals surface area contributed by atoms with Crippen molar-refractivity contribution in [3.8, 4) is 6.07 Å². The van der Waals surface area contributed by atoms with Crippen LogP contribution in [-0.4, -0.2) is 30.9 Å². The van der Waals surface area contributed by atoms with Crippen molar-refractivity contribution in [2.24, 2.45) is 5.41 Å². The van der Waals surface area contributed by atoms with Crippen LogP contribution in [-0.2, 0) is 19.0 Å². The zero-order valence-corrected chi connectivity index (χ0v) is 11.4. The Balaban J connectivity index is 4.35. The second-order valence-electron chi connectivity index (χ2n) is 4.76. The lowest BCUT2D eigenvalue weighted by Crippen LogP contribution is -2.33. The van der Waals surface area contributed by atoms with Gasteiger partial charge in [-0.05, 0) is 13.8 Å². The number of nitriles is 1. The van der Waals surface area contributed by atoms with E-state index in [0.29, 0.717) is 0 Å². The zero-order valence-electron chi connectivity index (χ0n) is 11.4. The van der Waals surface area contributed by atoms with Gasteiger partial charge in [-0.3, -0.25) is 0 Å². The average molecular weight is 257 g/mol. The molecule has 102 valence electrons. The summed E-state index contributed by atoms with van der Waals surface area (Å²) < 4.78 is 14.2. The highest BCUT2D eigenvalue weighted by Crippen LogP contribution is 2.22. The normalized spacial score (nSPS) is 14.0. The van der Waals surface area contributed by atoms with E-state index in [0.717, 1.165) is 0 Å². The van der Waals surface area contributed by atoms with Gasteiger partial charge in [0.2, 0.25) is 0 Å². The molecule has 0 N–H and O–H groups in total. The van der Waals surface area contributed by atoms with Crippen molar-refractivity contribution in [1.82, 2.24) is 0 Å². The molecule has 6 nitrogen and oxygen atoms in total. The Hall–Kier alpha value is -1.77. The monoisotopic (exact) mass is 257 g/mol. The highest BCUT2D eigenvalue weighted by molar-refractivity contribution is 5.77. The predicted octanol–water partition coefficient (Wildman–Crippen LogP) is 2.03. The van der Waals surface area contributed by atoms with Crippen molar-refractivity contribution in [3.63, 3.8) is 0 Å². The fourth-order valence-corrected chi connectivity index (χ4v) is 0.973. The molecule has 0 heterocycles. The maximum absolute atomic E-state index is 11.4. The summed E-state index contributed by atoms with van der Waals surface area (Å²) in [7, 11) is 0. The third kappa shape index (κ3) is 5.53. The molecular weight excluding hydrogens is 238 g/mol. The molecule has 0 saturated heterocycles. The Morgan fingerprint density at radius 3 is 2.22 bits per heavy atom. The summed E-state index contributed by atoms with van der Waals surface area (Å²) in [6.45, 7) is 8.48. The Kier molecular flexibility index (Phi) is 6.17. The molecule has 0 radical (unpaired) electrons. The summed E-state index contributed by atoms with van der Waals surface area (Å²) in [5.74, 6) is -0.654. The highest BCUT2D eigenvalue weighted by Gasteiger charge is 2.30. The van der Waals surface area contributed by atoms with Crippen LogP contribution in [0.3, 0.4) is 0 Å². The van der Waals surface area contributed by atoms with Crippen molar-refractivity contribution >= 4 is 12.1 Å². The van der Waals surface area contributed by atoms with Gasteiger partial charge < -0.3 is 14.2 Å². The van der Waals surface area contributed by atoms with Gasteiger partial charge in [-0.25, -0.2) is 9.59 Å². The van der Waals surface area contributed by atoms with E-state index in [1.165, 1.54) is 6.92 Å². The van der Waals surface area contributed by atoms with E-state index in [9.17, 15) is 9.59 Å². The number of carbonyl (C=O) groups is 2.